The minimum absolute atomic E-state index is 0.0607. The average Bonchev–Trinajstić information content (AvgIpc) is 3.40. The van der Waals surface area contributed by atoms with Crippen molar-refractivity contribution in [3.8, 4) is 0 Å². The predicted octanol–water partition coefficient (Wildman–Crippen LogP) is 5.10. The fourth-order valence-electron chi connectivity index (χ4n) is 3.62. The second-order valence-corrected chi connectivity index (χ2v) is 10.0. The summed E-state index contributed by atoms with van der Waals surface area (Å²) in [6.45, 7) is 5.34. The molecule has 2 aromatic heterocycles. The van der Waals surface area contributed by atoms with Crippen molar-refractivity contribution in [2.45, 2.75) is 38.1 Å². The summed E-state index contributed by atoms with van der Waals surface area (Å²) in [6, 6.07) is 3.65. The highest BCUT2D eigenvalue weighted by atomic mass is 79.9. The van der Waals surface area contributed by atoms with Crippen LogP contribution in [-0.4, -0.2) is 79.7 Å². The van der Waals surface area contributed by atoms with Crippen LogP contribution in [0.15, 0.2) is 22.8 Å². The normalized spacial score (nSPS) is 15.6. The first-order chi connectivity index (χ1) is 17.9. The van der Waals surface area contributed by atoms with E-state index in [9.17, 15) is 18.3 Å². The van der Waals surface area contributed by atoms with Gasteiger partial charge in [0.1, 0.15) is 5.82 Å². The van der Waals surface area contributed by atoms with E-state index in [1.165, 1.54) is 0 Å². The first-order valence-electron chi connectivity index (χ1n) is 11.4. The zero-order valence-electron chi connectivity index (χ0n) is 20.0. The number of anilines is 2. The van der Waals surface area contributed by atoms with Gasteiger partial charge in [0, 0.05) is 37.8 Å². The minimum Gasteiger partial charge on any atom is -0.475 e. The number of aromatic nitrogens is 4. The number of fused-ring (bicyclic) bond motifs is 1. The van der Waals surface area contributed by atoms with E-state index in [1.54, 1.807) is 12.3 Å². The number of piperidine rings is 1. The molecule has 1 unspecified atom stereocenters. The Morgan fingerprint density at radius 3 is 2.55 bits per heavy atom. The van der Waals surface area contributed by atoms with Gasteiger partial charge < -0.3 is 25.7 Å². The number of benzene rings is 1. The highest BCUT2D eigenvalue weighted by Crippen LogP contribution is 2.39. The van der Waals surface area contributed by atoms with Crippen molar-refractivity contribution in [3.05, 3.63) is 38.5 Å². The monoisotopic (exact) mass is 641 g/mol. The molecular formula is C22H25BrCl2F3N7O3. The number of carboxylic acid groups (broad SMARTS) is 1. The van der Waals surface area contributed by atoms with E-state index in [1.807, 2.05) is 13.0 Å². The standard InChI is InChI=1S/C20H24BrCl2N7O.C2HF3O2/c1-11(15-2-5-25-29-15)26-19-13-10-14(22)16(21)17(23)18(13)27-20(28-19)24-6-9-30-7-3-12(31)4-8-30;3-2(4,5)1(6)7/h2,5,10-12,31H,3-4,6-9H2,1H3,(H,25,29)(H2,24,26,27,28);(H,6,7). The number of aromatic amines is 1. The number of likely N-dealkylation sites (tertiary alicyclic amines) is 1. The smallest absolute Gasteiger partial charge is 0.475 e. The van der Waals surface area contributed by atoms with Crippen LogP contribution in [0.3, 0.4) is 0 Å². The summed E-state index contributed by atoms with van der Waals surface area (Å²) in [7, 11) is 0. The molecular weight excluding hydrogens is 618 g/mol. The predicted molar refractivity (Wildman–Crippen MR) is 142 cm³/mol. The molecule has 0 radical (unpaired) electrons. The molecule has 0 spiro atoms. The number of hydrogen-bond acceptors (Lipinski definition) is 8. The van der Waals surface area contributed by atoms with Crippen LogP contribution in [-0.2, 0) is 4.79 Å². The molecule has 3 heterocycles. The number of carboxylic acids is 1. The zero-order valence-corrected chi connectivity index (χ0v) is 23.1. The molecule has 1 aromatic carbocycles. The minimum atomic E-state index is -5.08. The topological polar surface area (TPSA) is 139 Å². The van der Waals surface area contributed by atoms with Crippen LogP contribution in [0, 0.1) is 0 Å². The number of nitrogens with zero attached hydrogens (tertiary/aromatic N) is 4. The van der Waals surface area contributed by atoms with Gasteiger partial charge in [0.25, 0.3) is 0 Å². The SMILES string of the molecule is CC(Nc1nc(NCCN2CCC(O)CC2)nc2c(Cl)c(Br)c(Cl)cc12)c1ccn[nH]1.O=C(O)C(F)(F)F. The van der Waals surface area contributed by atoms with E-state index < -0.39 is 12.1 Å². The molecule has 0 saturated carbocycles. The van der Waals surface area contributed by atoms with Crippen LogP contribution >= 0.6 is 39.1 Å². The number of aliphatic hydroxyl groups excluding tert-OH is 1. The largest absolute Gasteiger partial charge is 0.490 e. The Kier molecular flexibility index (Phi) is 10.4. The number of rotatable bonds is 7. The second kappa shape index (κ2) is 13.1. The maximum absolute atomic E-state index is 10.6. The summed E-state index contributed by atoms with van der Waals surface area (Å²) >= 11 is 16.3. The Bertz CT molecular complexity index is 1240. The third-order valence-electron chi connectivity index (χ3n) is 5.68. The summed E-state index contributed by atoms with van der Waals surface area (Å²) in [5, 5.41) is 32.2. The third kappa shape index (κ3) is 8.06. The summed E-state index contributed by atoms with van der Waals surface area (Å²) in [5.74, 6) is -1.64. The average molecular weight is 643 g/mol. The summed E-state index contributed by atoms with van der Waals surface area (Å²) in [6.07, 6.45) is -1.92. The number of carbonyl (C=O) groups is 1. The zero-order chi connectivity index (χ0) is 28.0. The highest BCUT2D eigenvalue weighted by molar-refractivity contribution is 9.10. The highest BCUT2D eigenvalue weighted by Gasteiger charge is 2.38. The van der Waals surface area contributed by atoms with Gasteiger partial charge in [-0.25, -0.2) is 9.78 Å². The molecule has 0 amide bonds. The van der Waals surface area contributed by atoms with Gasteiger partial charge in [0.2, 0.25) is 5.95 Å². The molecule has 1 aliphatic heterocycles. The van der Waals surface area contributed by atoms with E-state index in [4.69, 9.17) is 38.1 Å². The van der Waals surface area contributed by atoms with Crippen LogP contribution in [0.5, 0.6) is 0 Å². The van der Waals surface area contributed by atoms with Crippen LogP contribution in [0.1, 0.15) is 31.5 Å². The number of aliphatic hydroxyl groups is 1. The molecule has 0 bridgehead atoms. The van der Waals surface area contributed by atoms with Gasteiger partial charge in [0.15, 0.2) is 0 Å². The van der Waals surface area contributed by atoms with Gasteiger partial charge in [-0.15, -0.1) is 0 Å². The molecule has 1 aliphatic rings. The van der Waals surface area contributed by atoms with Crippen molar-refractivity contribution in [2.75, 3.05) is 36.8 Å². The van der Waals surface area contributed by atoms with E-state index in [0.29, 0.717) is 38.3 Å². The number of H-pyrrole nitrogens is 1. The first-order valence-corrected chi connectivity index (χ1v) is 13.0. The maximum Gasteiger partial charge on any atom is 0.490 e. The quantitative estimate of drug-likeness (QED) is 0.223. The second-order valence-electron chi connectivity index (χ2n) is 8.46. The lowest BCUT2D eigenvalue weighted by atomic mass is 10.1. The molecule has 10 nitrogen and oxygen atoms in total. The van der Waals surface area contributed by atoms with Crippen molar-refractivity contribution >= 4 is 67.8 Å². The number of halogens is 6. The lowest BCUT2D eigenvalue weighted by molar-refractivity contribution is -0.192. The van der Waals surface area contributed by atoms with Gasteiger partial charge in [-0.3, -0.25) is 5.10 Å². The molecule has 5 N–H and O–H groups in total. The summed E-state index contributed by atoms with van der Waals surface area (Å²) in [4.78, 5) is 20.6. The van der Waals surface area contributed by atoms with E-state index in [-0.39, 0.29) is 12.1 Å². The van der Waals surface area contributed by atoms with Crippen molar-refractivity contribution in [1.29, 1.82) is 0 Å². The molecule has 208 valence electrons. The fourth-order valence-corrected chi connectivity index (χ4v) is 4.42. The van der Waals surface area contributed by atoms with E-state index in [0.717, 1.165) is 43.6 Å². The van der Waals surface area contributed by atoms with Crippen LogP contribution in [0.4, 0.5) is 24.9 Å². The third-order valence-corrected chi connectivity index (χ3v) is 7.63. The van der Waals surface area contributed by atoms with Crippen molar-refractivity contribution in [3.63, 3.8) is 0 Å². The van der Waals surface area contributed by atoms with Crippen LogP contribution < -0.4 is 10.6 Å². The molecule has 38 heavy (non-hydrogen) atoms. The molecule has 0 aliphatic carbocycles. The van der Waals surface area contributed by atoms with Gasteiger partial charge in [0.05, 0.1) is 37.9 Å². The first kappa shape index (κ1) is 30.2. The number of nitrogens with one attached hydrogen (secondary N) is 3. The van der Waals surface area contributed by atoms with Gasteiger partial charge in [-0.2, -0.15) is 23.3 Å². The molecule has 4 rings (SSSR count). The number of aliphatic carboxylic acids is 1. The maximum atomic E-state index is 10.6. The van der Waals surface area contributed by atoms with Crippen molar-refractivity contribution in [2.24, 2.45) is 0 Å². The number of hydrogen-bond donors (Lipinski definition) is 5. The fraction of sp³-hybridized carbons (Fsp3) is 0.455. The van der Waals surface area contributed by atoms with Crippen LogP contribution in [0.2, 0.25) is 10.0 Å². The Balaban J connectivity index is 0.000000505. The van der Waals surface area contributed by atoms with Crippen molar-refractivity contribution < 1.29 is 28.2 Å². The molecule has 16 heteroatoms. The Morgan fingerprint density at radius 1 is 1.32 bits per heavy atom. The lowest BCUT2D eigenvalue weighted by Crippen LogP contribution is -2.38. The summed E-state index contributed by atoms with van der Waals surface area (Å²) < 4.78 is 32.3. The molecule has 3 aromatic rings. The summed E-state index contributed by atoms with van der Waals surface area (Å²) in [5.41, 5.74) is 1.54. The Labute approximate surface area is 234 Å². The van der Waals surface area contributed by atoms with Gasteiger partial charge in [-0.1, -0.05) is 23.2 Å². The Morgan fingerprint density at radius 2 is 1.97 bits per heavy atom. The molecule has 1 atom stereocenters. The van der Waals surface area contributed by atoms with Crippen LogP contribution in [0.25, 0.3) is 10.9 Å². The Hall–Kier alpha value is -2.39. The van der Waals surface area contributed by atoms with Crippen molar-refractivity contribution in [1.82, 2.24) is 25.1 Å². The van der Waals surface area contributed by atoms with E-state index >= 15 is 0 Å². The molecule has 1 saturated heterocycles. The van der Waals surface area contributed by atoms with E-state index in [2.05, 4.69) is 46.6 Å². The molecule has 1 fully saturated rings. The number of alkyl halides is 3. The lowest BCUT2D eigenvalue weighted by Gasteiger charge is -2.29. The van der Waals surface area contributed by atoms with Gasteiger partial charge in [-0.05, 0) is 47.8 Å². The van der Waals surface area contributed by atoms with Gasteiger partial charge >= 0.3 is 12.1 Å².